The summed E-state index contributed by atoms with van der Waals surface area (Å²) in [6.45, 7) is 5.38. The second-order valence-corrected chi connectivity index (χ2v) is 3.43. The van der Waals surface area contributed by atoms with E-state index in [-0.39, 0.29) is 20.5 Å². The largest absolute Gasteiger partial charge is 0.375 e. The molecule has 3 nitrogen and oxygen atoms in total. The third-order valence-corrected chi connectivity index (χ3v) is 2.25. The zero-order valence-electron chi connectivity index (χ0n) is 6.51. The van der Waals surface area contributed by atoms with Crippen molar-refractivity contribution in [2.24, 2.45) is 5.92 Å². The van der Waals surface area contributed by atoms with Crippen LogP contribution in [0.1, 0.15) is 20.8 Å². The van der Waals surface area contributed by atoms with Crippen LogP contribution in [0.25, 0.3) is 0 Å². The van der Waals surface area contributed by atoms with Crippen LogP contribution in [0.2, 0.25) is 0 Å². The molecule has 0 spiro atoms. The van der Waals surface area contributed by atoms with Gasteiger partial charge in [-0.05, 0) is 5.92 Å². The lowest BCUT2D eigenvalue weighted by atomic mass is 10.2. The first-order valence-corrected chi connectivity index (χ1v) is 4.27. The number of rotatable bonds is 3. The number of carbonyl (C=O) groups is 1. The van der Waals surface area contributed by atoms with Crippen molar-refractivity contribution in [2.45, 2.75) is 26.6 Å². The van der Waals surface area contributed by atoms with Gasteiger partial charge in [-0.1, -0.05) is 13.8 Å². The van der Waals surface area contributed by atoms with Gasteiger partial charge >= 0.3 is 0 Å². The number of hydrogen-bond acceptors (Lipinski definition) is 2. The average molecular weight is 163 g/mol. The molecule has 0 radical (unpaired) electrons. The fraction of sp³-hybridized carbons (Fsp3) is 0.833. The molecule has 0 saturated heterocycles. The smallest absolute Gasteiger partial charge is 0.217 e. The second kappa shape index (κ2) is 4.64. The lowest BCUT2D eigenvalue weighted by molar-refractivity contribution is -0.119. The highest BCUT2D eigenvalue weighted by Crippen LogP contribution is 2.18. The molecule has 1 amide bonds. The van der Waals surface area contributed by atoms with Gasteiger partial charge in [-0.15, -0.1) is 0 Å². The Bertz CT molecular complexity index is 116. The van der Waals surface area contributed by atoms with Crippen molar-refractivity contribution in [1.82, 2.24) is 5.32 Å². The van der Waals surface area contributed by atoms with E-state index in [1.54, 1.807) is 0 Å². The van der Waals surface area contributed by atoms with Crippen molar-refractivity contribution in [2.75, 3.05) is 0 Å². The van der Waals surface area contributed by atoms with Crippen LogP contribution in [0.3, 0.4) is 0 Å². The van der Waals surface area contributed by atoms with Crippen molar-refractivity contribution in [3.63, 3.8) is 0 Å². The van der Waals surface area contributed by atoms with Crippen LogP contribution in [0.15, 0.2) is 0 Å². The topological polar surface area (TPSA) is 49.3 Å². The van der Waals surface area contributed by atoms with Gasteiger partial charge in [0.1, 0.15) is 0 Å². The van der Waals surface area contributed by atoms with Gasteiger partial charge in [-0.3, -0.25) is 4.79 Å². The van der Waals surface area contributed by atoms with E-state index in [1.807, 2.05) is 13.8 Å². The highest BCUT2D eigenvalue weighted by atomic mass is 31.1. The van der Waals surface area contributed by atoms with Crippen LogP contribution in [-0.2, 0) is 4.79 Å². The maximum Gasteiger partial charge on any atom is 0.217 e. The molecule has 0 aromatic heterocycles. The van der Waals surface area contributed by atoms with Gasteiger partial charge in [-0.25, -0.2) is 0 Å². The molecule has 2 unspecified atom stereocenters. The van der Waals surface area contributed by atoms with Crippen LogP contribution >= 0.6 is 8.81 Å². The molecular weight excluding hydrogens is 149 g/mol. The van der Waals surface area contributed by atoms with Crippen LogP contribution in [-0.4, -0.2) is 16.6 Å². The van der Waals surface area contributed by atoms with E-state index in [0.717, 1.165) is 0 Å². The summed E-state index contributed by atoms with van der Waals surface area (Å²) < 4.78 is 0. The summed E-state index contributed by atoms with van der Waals surface area (Å²) in [6.07, 6.45) is 0. The summed E-state index contributed by atoms with van der Waals surface area (Å²) in [6, 6.07) is 0. The molecule has 0 bridgehead atoms. The standard InChI is InChI=1S/C6H14NO2P/c1-4(2)6(10-9)7-5(3)8/h4,6,9-10H,1-3H3,(H,7,8). The van der Waals surface area contributed by atoms with Crippen LogP contribution in [0.4, 0.5) is 0 Å². The molecule has 0 aromatic rings. The summed E-state index contributed by atoms with van der Waals surface area (Å²) in [5.41, 5.74) is 0. The summed E-state index contributed by atoms with van der Waals surface area (Å²) in [7, 11) is -0.210. The van der Waals surface area contributed by atoms with Crippen LogP contribution < -0.4 is 5.32 Å². The molecule has 0 heterocycles. The number of carbonyl (C=O) groups excluding carboxylic acids is 1. The fourth-order valence-electron chi connectivity index (χ4n) is 0.567. The van der Waals surface area contributed by atoms with Gasteiger partial charge in [0.15, 0.2) is 0 Å². The van der Waals surface area contributed by atoms with Crippen molar-refractivity contribution in [3.05, 3.63) is 0 Å². The van der Waals surface area contributed by atoms with Crippen molar-refractivity contribution in [3.8, 4) is 0 Å². The SMILES string of the molecule is CC(=O)NC(PO)C(C)C. The van der Waals surface area contributed by atoms with E-state index in [1.165, 1.54) is 6.92 Å². The summed E-state index contributed by atoms with van der Waals surface area (Å²) in [4.78, 5) is 19.3. The third kappa shape index (κ3) is 3.80. The van der Waals surface area contributed by atoms with E-state index in [9.17, 15) is 4.79 Å². The quantitative estimate of drug-likeness (QED) is 0.601. The van der Waals surface area contributed by atoms with E-state index in [4.69, 9.17) is 4.89 Å². The molecule has 0 aliphatic rings. The van der Waals surface area contributed by atoms with E-state index in [2.05, 4.69) is 5.32 Å². The predicted molar refractivity (Wildman–Crippen MR) is 43.0 cm³/mol. The first-order chi connectivity index (χ1) is 4.57. The molecule has 60 valence electrons. The Morgan fingerprint density at radius 2 is 2.10 bits per heavy atom. The maximum atomic E-state index is 10.5. The Morgan fingerprint density at radius 3 is 2.20 bits per heavy atom. The lowest BCUT2D eigenvalue weighted by Gasteiger charge is -2.17. The molecule has 0 aromatic carbocycles. The summed E-state index contributed by atoms with van der Waals surface area (Å²) in [5, 5.41) is 2.65. The molecule has 4 heteroatoms. The minimum atomic E-state index is -0.210. The summed E-state index contributed by atoms with van der Waals surface area (Å²) >= 11 is 0. The lowest BCUT2D eigenvalue weighted by Crippen LogP contribution is -2.33. The molecular formula is C6H14NO2P. The third-order valence-electron chi connectivity index (χ3n) is 1.16. The highest BCUT2D eigenvalue weighted by molar-refractivity contribution is 7.32. The average Bonchev–Trinajstić information content (AvgIpc) is 1.81. The Hall–Kier alpha value is -0.140. The Kier molecular flexibility index (Phi) is 4.58. The predicted octanol–water partition coefficient (Wildman–Crippen LogP) is 0.690. The molecule has 0 saturated carbocycles. The molecule has 0 aliphatic carbocycles. The number of amides is 1. The molecule has 10 heavy (non-hydrogen) atoms. The van der Waals surface area contributed by atoms with Crippen molar-refractivity contribution < 1.29 is 9.69 Å². The minimum absolute atomic E-state index is 0.0718. The highest BCUT2D eigenvalue weighted by Gasteiger charge is 2.12. The van der Waals surface area contributed by atoms with E-state index >= 15 is 0 Å². The Balaban J connectivity index is 3.71. The molecule has 0 aliphatic heterocycles. The Labute approximate surface area is 63.1 Å². The fourth-order valence-corrected chi connectivity index (χ4v) is 1.13. The maximum absolute atomic E-state index is 10.5. The van der Waals surface area contributed by atoms with Gasteiger partial charge < -0.3 is 10.2 Å². The zero-order valence-corrected chi connectivity index (χ0v) is 7.51. The van der Waals surface area contributed by atoms with E-state index < -0.39 is 0 Å². The summed E-state index contributed by atoms with van der Waals surface area (Å²) in [5.74, 6) is 0.144. The monoisotopic (exact) mass is 163 g/mol. The first kappa shape index (κ1) is 9.86. The second-order valence-electron chi connectivity index (χ2n) is 2.55. The van der Waals surface area contributed by atoms with Gasteiger partial charge in [0.05, 0.1) is 5.78 Å². The minimum Gasteiger partial charge on any atom is -0.375 e. The van der Waals surface area contributed by atoms with Crippen LogP contribution in [0, 0.1) is 5.92 Å². The zero-order chi connectivity index (χ0) is 8.15. The van der Waals surface area contributed by atoms with E-state index in [0.29, 0.717) is 5.92 Å². The first-order valence-electron chi connectivity index (χ1n) is 3.24. The Morgan fingerprint density at radius 1 is 1.60 bits per heavy atom. The molecule has 2 atom stereocenters. The normalized spacial score (nSPS) is 14.5. The molecule has 0 fully saturated rings. The van der Waals surface area contributed by atoms with Crippen molar-refractivity contribution in [1.29, 1.82) is 0 Å². The van der Waals surface area contributed by atoms with Gasteiger partial charge in [0.2, 0.25) is 5.91 Å². The van der Waals surface area contributed by atoms with Gasteiger partial charge in [-0.2, -0.15) is 0 Å². The van der Waals surface area contributed by atoms with Gasteiger partial charge in [0.25, 0.3) is 0 Å². The molecule has 0 rings (SSSR count). The van der Waals surface area contributed by atoms with Crippen LogP contribution in [0.5, 0.6) is 0 Å². The van der Waals surface area contributed by atoms with Gasteiger partial charge in [0, 0.05) is 15.7 Å². The number of nitrogens with one attached hydrogen (secondary N) is 1. The number of hydrogen-bond donors (Lipinski definition) is 2. The van der Waals surface area contributed by atoms with Crippen molar-refractivity contribution >= 4 is 14.7 Å². The molecule has 2 N–H and O–H groups in total.